The summed E-state index contributed by atoms with van der Waals surface area (Å²) in [6, 6.07) is 6.21. The molecular formula is C16H20Cl3N3O3S. The van der Waals surface area contributed by atoms with Crippen LogP contribution in [0.5, 0.6) is 0 Å². The molecule has 4 N–H and O–H groups in total. The third-order valence-corrected chi connectivity index (χ3v) is 4.20. The van der Waals surface area contributed by atoms with Crippen LogP contribution in [0.2, 0.25) is 0 Å². The fraction of sp³-hybridized carbons (Fsp3) is 0.438. The average Bonchev–Trinajstić information content (AvgIpc) is 2.54. The van der Waals surface area contributed by atoms with E-state index in [0.29, 0.717) is 6.42 Å². The van der Waals surface area contributed by atoms with Gasteiger partial charge in [0.25, 0.3) is 0 Å². The molecule has 0 unspecified atom stereocenters. The van der Waals surface area contributed by atoms with E-state index >= 15 is 0 Å². The highest BCUT2D eigenvalue weighted by atomic mass is 35.6. The molecule has 0 spiro atoms. The van der Waals surface area contributed by atoms with Gasteiger partial charge in [0.1, 0.15) is 6.17 Å². The highest BCUT2D eigenvalue weighted by molar-refractivity contribution is 7.80. The molecule has 1 atom stereocenters. The first-order chi connectivity index (χ1) is 12.1. The van der Waals surface area contributed by atoms with Crippen LogP contribution in [0.25, 0.3) is 0 Å². The molecule has 0 heterocycles. The van der Waals surface area contributed by atoms with Gasteiger partial charge in [-0.05, 0) is 30.8 Å². The van der Waals surface area contributed by atoms with E-state index in [4.69, 9.17) is 47.0 Å². The number of unbranched alkanes of at least 4 members (excludes halogenated alkanes) is 2. The maximum absolute atomic E-state index is 12.0. The lowest BCUT2D eigenvalue weighted by molar-refractivity contribution is -0.122. The number of rotatable bonds is 8. The number of alkyl halides is 3. The minimum atomic E-state index is -1.86. The van der Waals surface area contributed by atoms with Gasteiger partial charge in [0.15, 0.2) is 5.11 Å². The van der Waals surface area contributed by atoms with E-state index in [2.05, 4.69) is 16.0 Å². The van der Waals surface area contributed by atoms with Gasteiger partial charge in [-0.1, -0.05) is 66.7 Å². The molecule has 0 bridgehead atoms. The number of carboxylic acid groups (broad SMARTS) is 1. The topological polar surface area (TPSA) is 90.5 Å². The zero-order chi connectivity index (χ0) is 19.7. The van der Waals surface area contributed by atoms with Crippen molar-refractivity contribution in [3.63, 3.8) is 0 Å². The minimum Gasteiger partial charge on any atom is -0.478 e. The van der Waals surface area contributed by atoms with Gasteiger partial charge in [0, 0.05) is 6.42 Å². The molecular weight excluding hydrogens is 421 g/mol. The number of carbonyl (C=O) groups is 2. The van der Waals surface area contributed by atoms with Gasteiger partial charge in [-0.3, -0.25) is 4.79 Å². The van der Waals surface area contributed by atoms with Crippen molar-refractivity contribution in [3.05, 3.63) is 29.8 Å². The summed E-state index contributed by atoms with van der Waals surface area (Å²) in [7, 11) is 0. The summed E-state index contributed by atoms with van der Waals surface area (Å²) in [6.07, 6.45) is 1.85. The number of hydrogen-bond donors (Lipinski definition) is 4. The zero-order valence-electron chi connectivity index (χ0n) is 14.0. The van der Waals surface area contributed by atoms with Crippen LogP contribution in [0.4, 0.5) is 5.69 Å². The van der Waals surface area contributed by atoms with Crippen LogP contribution in [-0.2, 0) is 4.79 Å². The van der Waals surface area contributed by atoms with Crippen LogP contribution in [-0.4, -0.2) is 32.1 Å². The third kappa shape index (κ3) is 7.95. The Morgan fingerprint density at radius 3 is 2.42 bits per heavy atom. The quantitative estimate of drug-likeness (QED) is 0.211. The lowest BCUT2D eigenvalue weighted by Crippen LogP contribution is -2.56. The summed E-state index contributed by atoms with van der Waals surface area (Å²) in [5, 5.41) is 17.2. The molecule has 0 aliphatic heterocycles. The van der Waals surface area contributed by atoms with Crippen molar-refractivity contribution in [1.82, 2.24) is 10.6 Å². The van der Waals surface area contributed by atoms with Crippen LogP contribution in [0.15, 0.2) is 24.3 Å². The summed E-state index contributed by atoms with van der Waals surface area (Å²) >= 11 is 22.9. The lowest BCUT2D eigenvalue weighted by atomic mass is 10.2. The second-order valence-electron chi connectivity index (χ2n) is 5.45. The van der Waals surface area contributed by atoms with Crippen molar-refractivity contribution in [1.29, 1.82) is 0 Å². The first kappa shape index (κ1) is 22.8. The Kier molecular flexibility index (Phi) is 9.43. The molecule has 1 amide bonds. The molecule has 10 heteroatoms. The van der Waals surface area contributed by atoms with E-state index in [1.54, 1.807) is 18.2 Å². The second-order valence-corrected chi connectivity index (χ2v) is 8.23. The predicted octanol–water partition coefficient (Wildman–Crippen LogP) is 4.06. The summed E-state index contributed by atoms with van der Waals surface area (Å²) in [5.41, 5.74) is 0.306. The van der Waals surface area contributed by atoms with Crippen molar-refractivity contribution in [2.24, 2.45) is 0 Å². The minimum absolute atomic E-state index is 0.00360. The smallest absolute Gasteiger partial charge is 0.337 e. The van der Waals surface area contributed by atoms with Crippen LogP contribution >= 0.6 is 47.0 Å². The van der Waals surface area contributed by atoms with Gasteiger partial charge in [0.05, 0.1) is 11.3 Å². The van der Waals surface area contributed by atoms with Gasteiger partial charge in [0.2, 0.25) is 9.70 Å². The maximum atomic E-state index is 12.0. The van der Waals surface area contributed by atoms with Crippen LogP contribution in [0.3, 0.4) is 0 Å². The Labute approximate surface area is 172 Å². The molecule has 1 aromatic carbocycles. The van der Waals surface area contributed by atoms with Crippen molar-refractivity contribution in [3.8, 4) is 0 Å². The van der Waals surface area contributed by atoms with Gasteiger partial charge in [-0.15, -0.1) is 0 Å². The van der Waals surface area contributed by atoms with E-state index in [-0.39, 0.29) is 22.3 Å². The third-order valence-electron chi connectivity index (χ3n) is 3.32. The van der Waals surface area contributed by atoms with Crippen molar-refractivity contribution < 1.29 is 14.7 Å². The van der Waals surface area contributed by atoms with Crippen LogP contribution in [0, 0.1) is 0 Å². The highest BCUT2D eigenvalue weighted by Crippen LogP contribution is 2.29. The SMILES string of the molecule is CCCCCC(=O)N[C@@H](NC(=S)Nc1ccccc1C(=O)O)C(Cl)(Cl)Cl. The first-order valence-electron chi connectivity index (χ1n) is 7.91. The number of nitrogens with one attached hydrogen (secondary N) is 3. The largest absolute Gasteiger partial charge is 0.478 e. The van der Waals surface area contributed by atoms with E-state index < -0.39 is 15.9 Å². The van der Waals surface area contributed by atoms with Gasteiger partial charge in [-0.2, -0.15) is 0 Å². The molecule has 0 saturated heterocycles. The molecule has 0 radical (unpaired) electrons. The number of hydrogen-bond acceptors (Lipinski definition) is 3. The number of aromatic carboxylic acids is 1. The molecule has 0 saturated carbocycles. The number of para-hydroxylation sites is 1. The molecule has 0 aliphatic carbocycles. The molecule has 6 nitrogen and oxygen atoms in total. The number of amides is 1. The van der Waals surface area contributed by atoms with E-state index in [1.165, 1.54) is 6.07 Å². The molecule has 1 aromatic rings. The number of benzene rings is 1. The molecule has 0 fully saturated rings. The van der Waals surface area contributed by atoms with Gasteiger partial charge in [-0.25, -0.2) is 4.79 Å². The van der Waals surface area contributed by atoms with Crippen LogP contribution in [0.1, 0.15) is 43.0 Å². The zero-order valence-corrected chi connectivity index (χ0v) is 17.1. The fourth-order valence-corrected chi connectivity index (χ4v) is 2.59. The molecule has 0 aliphatic rings. The summed E-state index contributed by atoms with van der Waals surface area (Å²) in [5.74, 6) is -1.39. The normalized spacial score (nSPS) is 12.2. The lowest BCUT2D eigenvalue weighted by Gasteiger charge is -2.28. The predicted molar refractivity (Wildman–Crippen MR) is 109 cm³/mol. The molecule has 26 heavy (non-hydrogen) atoms. The monoisotopic (exact) mass is 439 g/mol. The van der Waals surface area contributed by atoms with Crippen molar-refractivity contribution in [2.75, 3.05) is 5.32 Å². The summed E-state index contributed by atoms with van der Waals surface area (Å²) in [6.45, 7) is 2.03. The first-order valence-corrected chi connectivity index (χ1v) is 9.45. The Balaban J connectivity index is 2.75. The maximum Gasteiger partial charge on any atom is 0.337 e. The van der Waals surface area contributed by atoms with Crippen LogP contribution < -0.4 is 16.0 Å². The molecule has 1 rings (SSSR count). The van der Waals surface area contributed by atoms with Crippen molar-refractivity contribution in [2.45, 2.75) is 42.6 Å². The summed E-state index contributed by atoms with van der Waals surface area (Å²) < 4.78 is -1.86. The number of carboxylic acids is 1. The molecule has 144 valence electrons. The van der Waals surface area contributed by atoms with E-state index in [9.17, 15) is 14.7 Å². The average molecular weight is 441 g/mol. The van der Waals surface area contributed by atoms with E-state index in [1.807, 2.05) is 6.92 Å². The Hall–Kier alpha value is -1.28. The molecule has 0 aromatic heterocycles. The Morgan fingerprint density at radius 2 is 1.85 bits per heavy atom. The number of carbonyl (C=O) groups excluding carboxylic acids is 1. The summed E-state index contributed by atoms with van der Waals surface area (Å²) in [4.78, 5) is 23.2. The highest BCUT2D eigenvalue weighted by Gasteiger charge is 2.34. The van der Waals surface area contributed by atoms with Gasteiger partial charge >= 0.3 is 5.97 Å². The fourth-order valence-electron chi connectivity index (χ4n) is 2.04. The van der Waals surface area contributed by atoms with E-state index in [0.717, 1.165) is 19.3 Å². The number of halogens is 3. The number of thiocarbonyl (C=S) groups is 1. The number of anilines is 1. The Bertz CT molecular complexity index is 653. The van der Waals surface area contributed by atoms with Crippen molar-refractivity contribution >= 4 is 69.7 Å². The van der Waals surface area contributed by atoms with Gasteiger partial charge < -0.3 is 21.1 Å². The standard InChI is InChI=1S/C16H20Cl3N3O3S/c1-2-3-4-9-12(23)21-14(16(17,18)19)22-15(26)20-11-8-6-5-7-10(11)13(24)25/h5-8,14H,2-4,9H2,1H3,(H,21,23)(H,24,25)(H2,20,22,26)/t14-/m0/s1. The Morgan fingerprint density at radius 1 is 1.19 bits per heavy atom. The second kappa shape index (κ2) is 10.8.